The molecule has 0 spiro atoms. The lowest BCUT2D eigenvalue weighted by molar-refractivity contribution is 0.542. The number of nitrogens with two attached hydrogens (primary N) is 1. The van der Waals surface area contributed by atoms with Crippen molar-refractivity contribution in [3.05, 3.63) is 34.3 Å². The zero-order valence-electron chi connectivity index (χ0n) is 11.5. The summed E-state index contributed by atoms with van der Waals surface area (Å²) in [5, 5.41) is 0. The smallest absolute Gasteiger partial charge is 0.0175 e. The van der Waals surface area contributed by atoms with E-state index in [0.717, 1.165) is 11.0 Å². The maximum Gasteiger partial charge on any atom is 0.0175 e. The summed E-state index contributed by atoms with van der Waals surface area (Å²) in [4.78, 5) is 0. The lowest BCUT2D eigenvalue weighted by Crippen LogP contribution is -2.12. The Morgan fingerprint density at radius 1 is 1.00 bits per heavy atom. The van der Waals surface area contributed by atoms with E-state index in [-0.39, 0.29) is 0 Å². The molecule has 0 aliphatic rings. The molecule has 0 amide bonds. The zero-order valence-corrected chi connectivity index (χ0v) is 13.1. The van der Waals surface area contributed by atoms with Gasteiger partial charge in [-0.25, -0.2) is 0 Å². The van der Waals surface area contributed by atoms with Gasteiger partial charge in [-0.05, 0) is 36.6 Å². The van der Waals surface area contributed by atoms with Crippen LogP contribution in [-0.4, -0.2) is 6.54 Å². The van der Waals surface area contributed by atoms with Crippen LogP contribution in [0, 0.1) is 0 Å². The van der Waals surface area contributed by atoms with Gasteiger partial charge in [0, 0.05) is 4.47 Å². The Hall–Kier alpha value is -0.340. The molecular weight excluding hydrogens is 286 g/mol. The fourth-order valence-corrected chi connectivity index (χ4v) is 2.59. The van der Waals surface area contributed by atoms with Gasteiger partial charge in [0.25, 0.3) is 0 Å². The first kappa shape index (κ1) is 15.7. The first-order valence-corrected chi connectivity index (χ1v) is 8.02. The van der Waals surface area contributed by atoms with Gasteiger partial charge in [0.05, 0.1) is 0 Å². The fourth-order valence-electron chi connectivity index (χ4n) is 2.33. The lowest BCUT2D eigenvalue weighted by Gasteiger charge is -2.15. The summed E-state index contributed by atoms with van der Waals surface area (Å²) < 4.78 is 1.14. The lowest BCUT2D eigenvalue weighted by atomic mass is 9.93. The van der Waals surface area contributed by atoms with Crippen molar-refractivity contribution in [3.63, 3.8) is 0 Å². The molecule has 0 saturated heterocycles. The molecule has 18 heavy (non-hydrogen) atoms. The molecule has 0 fully saturated rings. The monoisotopic (exact) mass is 311 g/mol. The largest absolute Gasteiger partial charge is 0.330 e. The molecule has 1 rings (SSSR count). The maximum absolute atomic E-state index is 5.89. The second-order valence-corrected chi connectivity index (χ2v) is 5.96. The topological polar surface area (TPSA) is 26.0 Å². The highest BCUT2D eigenvalue weighted by Gasteiger charge is 2.08. The first-order chi connectivity index (χ1) is 8.77. The highest BCUT2D eigenvalue weighted by Crippen LogP contribution is 2.23. The minimum Gasteiger partial charge on any atom is -0.330 e. The highest BCUT2D eigenvalue weighted by molar-refractivity contribution is 9.10. The molecule has 0 aliphatic carbocycles. The predicted octanol–water partition coefficient (Wildman–Crippen LogP) is 5.24. The van der Waals surface area contributed by atoms with Gasteiger partial charge in [0.1, 0.15) is 0 Å². The van der Waals surface area contributed by atoms with Crippen molar-refractivity contribution in [2.24, 2.45) is 5.73 Å². The van der Waals surface area contributed by atoms with Crippen LogP contribution < -0.4 is 5.73 Å². The Balaban J connectivity index is 2.27. The molecule has 1 nitrogen and oxygen atoms in total. The Morgan fingerprint density at radius 2 is 1.61 bits per heavy atom. The number of hydrogen-bond donors (Lipinski definition) is 1. The molecule has 1 aromatic rings. The molecule has 0 aliphatic heterocycles. The quantitative estimate of drug-likeness (QED) is 0.620. The van der Waals surface area contributed by atoms with Crippen LogP contribution in [0.1, 0.15) is 63.4 Å². The van der Waals surface area contributed by atoms with Crippen molar-refractivity contribution >= 4 is 15.9 Å². The molecule has 2 heteroatoms. The average molecular weight is 312 g/mol. The number of rotatable bonds is 9. The van der Waals surface area contributed by atoms with Gasteiger partial charge < -0.3 is 5.73 Å². The molecule has 0 saturated carbocycles. The molecule has 0 radical (unpaired) electrons. The summed E-state index contributed by atoms with van der Waals surface area (Å²) in [7, 11) is 0. The molecule has 1 unspecified atom stereocenters. The molecule has 0 aromatic heterocycles. The zero-order chi connectivity index (χ0) is 13.2. The average Bonchev–Trinajstić information content (AvgIpc) is 2.39. The highest BCUT2D eigenvalue weighted by atomic mass is 79.9. The van der Waals surface area contributed by atoms with E-state index < -0.39 is 0 Å². The molecule has 0 bridgehead atoms. The van der Waals surface area contributed by atoms with Gasteiger partial charge >= 0.3 is 0 Å². The normalized spacial score (nSPS) is 12.6. The van der Waals surface area contributed by atoms with Crippen molar-refractivity contribution in [2.75, 3.05) is 6.54 Å². The van der Waals surface area contributed by atoms with Crippen LogP contribution in [0.15, 0.2) is 28.7 Å². The third-order valence-corrected chi connectivity index (χ3v) is 4.06. The van der Waals surface area contributed by atoms with Gasteiger partial charge in [0.15, 0.2) is 0 Å². The minimum absolute atomic E-state index is 0.532. The third kappa shape index (κ3) is 6.01. The van der Waals surface area contributed by atoms with E-state index in [1.807, 2.05) is 0 Å². The van der Waals surface area contributed by atoms with E-state index in [2.05, 4.69) is 47.1 Å². The van der Waals surface area contributed by atoms with E-state index in [9.17, 15) is 0 Å². The summed E-state index contributed by atoms with van der Waals surface area (Å²) in [6.45, 7) is 3.02. The molecule has 1 aromatic carbocycles. The summed E-state index contributed by atoms with van der Waals surface area (Å²) in [6, 6.07) is 8.61. The summed E-state index contributed by atoms with van der Waals surface area (Å²) >= 11 is 3.47. The standard InChI is InChI=1S/C16H26BrN/c1-2-3-4-5-6-7-8-15(13-18)14-9-11-16(17)12-10-14/h9-12,15H,2-8,13,18H2,1H3. The Bertz CT molecular complexity index is 307. The van der Waals surface area contributed by atoms with Gasteiger partial charge in [-0.15, -0.1) is 0 Å². The van der Waals surface area contributed by atoms with E-state index in [4.69, 9.17) is 5.73 Å². The number of benzene rings is 1. The number of unbranched alkanes of at least 4 members (excludes halogenated alkanes) is 5. The van der Waals surface area contributed by atoms with Crippen LogP contribution in [0.3, 0.4) is 0 Å². The van der Waals surface area contributed by atoms with Crippen LogP contribution in [0.25, 0.3) is 0 Å². The van der Waals surface area contributed by atoms with Crippen molar-refractivity contribution < 1.29 is 0 Å². The third-order valence-electron chi connectivity index (χ3n) is 3.53. The van der Waals surface area contributed by atoms with Gasteiger partial charge in [-0.3, -0.25) is 0 Å². The van der Waals surface area contributed by atoms with E-state index in [0.29, 0.717) is 5.92 Å². The van der Waals surface area contributed by atoms with E-state index in [1.165, 1.54) is 50.5 Å². The van der Waals surface area contributed by atoms with E-state index in [1.54, 1.807) is 0 Å². The maximum atomic E-state index is 5.89. The van der Waals surface area contributed by atoms with Crippen LogP contribution >= 0.6 is 15.9 Å². The van der Waals surface area contributed by atoms with Crippen LogP contribution in [0.5, 0.6) is 0 Å². The molecule has 102 valence electrons. The van der Waals surface area contributed by atoms with Gasteiger partial charge in [-0.2, -0.15) is 0 Å². The summed E-state index contributed by atoms with van der Waals surface area (Å²) in [5.41, 5.74) is 7.28. The van der Waals surface area contributed by atoms with Gasteiger partial charge in [0.2, 0.25) is 0 Å². The second kappa shape index (κ2) is 9.57. The SMILES string of the molecule is CCCCCCCCC(CN)c1ccc(Br)cc1. The van der Waals surface area contributed by atoms with Crippen LogP contribution in [0.2, 0.25) is 0 Å². The Morgan fingerprint density at radius 3 is 2.22 bits per heavy atom. The van der Waals surface area contributed by atoms with Crippen molar-refractivity contribution in [1.29, 1.82) is 0 Å². The summed E-state index contributed by atoms with van der Waals surface area (Å²) in [6.07, 6.45) is 9.36. The number of halogens is 1. The van der Waals surface area contributed by atoms with Crippen LogP contribution in [0.4, 0.5) is 0 Å². The van der Waals surface area contributed by atoms with E-state index >= 15 is 0 Å². The number of hydrogen-bond acceptors (Lipinski definition) is 1. The van der Waals surface area contributed by atoms with Crippen molar-refractivity contribution in [3.8, 4) is 0 Å². The molecular formula is C16H26BrN. The Kier molecular flexibility index (Phi) is 8.36. The first-order valence-electron chi connectivity index (χ1n) is 7.23. The molecule has 0 heterocycles. The van der Waals surface area contributed by atoms with Crippen molar-refractivity contribution in [1.82, 2.24) is 0 Å². The fraction of sp³-hybridized carbons (Fsp3) is 0.625. The van der Waals surface area contributed by atoms with Crippen molar-refractivity contribution in [2.45, 2.75) is 57.8 Å². The van der Waals surface area contributed by atoms with Crippen LogP contribution in [-0.2, 0) is 0 Å². The Labute approximate surface area is 120 Å². The molecule has 1 atom stereocenters. The second-order valence-electron chi connectivity index (χ2n) is 5.04. The summed E-state index contributed by atoms with van der Waals surface area (Å²) in [5.74, 6) is 0.532. The molecule has 2 N–H and O–H groups in total. The minimum atomic E-state index is 0.532. The predicted molar refractivity (Wildman–Crippen MR) is 83.9 cm³/mol. The van der Waals surface area contributed by atoms with Gasteiger partial charge in [-0.1, -0.05) is 73.5 Å².